The van der Waals surface area contributed by atoms with E-state index in [4.69, 9.17) is 23.2 Å². The van der Waals surface area contributed by atoms with Crippen LogP contribution in [-0.2, 0) is 20.2 Å². The molecule has 2 aliphatic rings. The highest BCUT2D eigenvalue weighted by Gasteiger charge is 2.44. The Morgan fingerprint density at radius 1 is 1.16 bits per heavy atom. The van der Waals surface area contributed by atoms with Gasteiger partial charge in [0.15, 0.2) is 0 Å². The highest BCUT2D eigenvalue weighted by atomic mass is 35.5. The fourth-order valence-corrected chi connectivity index (χ4v) is 6.16. The number of piperidine rings is 1. The molecule has 2 fully saturated rings. The molecule has 1 heterocycles. The number of nitriles is 1. The van der Waals surface area contributed by atoms with Gasteiger partial charge in [-0.3, -0.25) is 4.79 Å². The monoisotopic (exact) mass is 477 g/mol. The van der Waals surface area contributed by atoms with Gasteiger partial charge < -0.3 is 5.32 Å². The number of sulfonamides is 1. The number of nitrogens with one attached hydrogen (secondary N) is 1. The number of rotatable bonds is 5. The second kappa shape index (κ2) is 8.44. The standard InChI is InChI=1S/C22H21Cl2N3O3S/c23-17-5-8-19(24)20(12-17)31(29,30)27-11-1-2-15(13-27)21(28)26-18-6-3-16(4-7-18)22(14-25)9-10-22/h3-8,12,15H,1-2,9-11,13H2,(H,26,28). The molecule has 1 amide bonds. The molecule has 162 valence electrons. The lowest BCUT2D eigenvalue weighted by Gasteiger charge is -2.31. The van der Waals surface area contributed by atoms with Gasteiger partial charge in [0.05, 0.1) is 22.4 Å². The van der Waals surface area contributed by atoms with Gasteiger partial charge in [-0.05, 0) is 61.6 Å². The molecule has 2 aromatic rings. The number of carbonyl (C=O) groups excluding carboxylic acids is 1. The van der Waals surface area contributed by atoms with Gasteiger partial charge in [-0.15, -0.1) is 0 Å². The van der Waals surface area contributed by atoms with E-state index in [0.717, 1.165) is 18.4 Å². The van der Waals surface area contributed by atoms with E-state index < -0.39 is 15.9 Å². The number of halogens is 2. The van der Waals surface area contributed by atoms with Crippen molar-refractivity contribution in [2.75, 3.05) is 18.4 Å². The van der Waals surface area contributed by atoms with E-state index in [1.165, 1.54) is 22.5 Å². The van der Waals surface area contributed by atoms with Crippen molar-refractivity contribution in [2.24, 2.45) is 5.92 Å². The van der Waals surface area contributed by atoms with E-state index in [1.54, 1.807) is 12.1 Å². The molecule has 0 aromatic heterocycles. The summed E-state index contributed by atoms with van der Waals surface area (Å²) in [5.74, 6) is -0.707. The minimum atomic E-state index is -3.87. The normalized spacial score (nSPS) is 20.6. The van der Waals surface area contributed by atoms with Crippen LogP contribution in [0.5, 0.6) is 0 Å². The zero-order valence-corrected chi connectivity index (χ0v) is 19.0. The lowest BCUT2D eigenvalue weighted by Crippen LogP contribution is -2.43. The average molecular weight is 478 g/mol. The fourth-order valence-electron chi connectivity index (χ4n) is 3.90. The van der Waals surface area contributed by atoms with Gasteiger partial charge in [0.1, 0.15) is 4.90 Å². The third-order valence-electron chi connectivity index (χ3n) is 5.94. The van der Waals surface area contributed by atoms with Crippen molar-refractivity contribution in [3.05, 3.63) is 58.1 Å². The summed E-state index contributed by atoms with van der Waals surface area (Å²) in [5.41, 5.74) is 1.21. The van der Waals surface area contributed by atoms with Crippen molar-refractivity contribution in [1.82, 2.24) is 4.31 Å². The first kappa shape index (κ1) is 22.1. The minimum absolute atomic E-state index is 0.0511. The third-order valence-corrected chi connectivity index (χ3v) is 8.52. The first-order valence-electron chi connectivity index (χ1n) is 10.0. The van der Waals surface area contributed by atoms with Crippen LogP contribution in [-0.4, -0.2) is 31.7 Å². The molecule has 1 aliphatic heterocycles. The summed E-state index contributed by atoms with van der Waals surface area (Å²) in [6, 6.07) is 14.0. The Hall–Kier alpha value is -2.11. The fraction of sp³-hybridized carbons (Fsp3) is 0.364. The Morgan fingerprint density at radius 2 is 1.87 bits per heavy atom. The van der Waals surface area contributed by atoms with E-state index in [1.807, 2.05) is 12.1 Å². The van der Waals surface area contributed by atoms with E-state index in [2.05, 4.69) is 11.4 Å². The molecule has 1 N–H and O–H groups in total. The Labute approximate surface area is 191 Å². The number of amides is 1. The predicted molar refractivity (Wildman–Crippen MR) is 120 cm³/mol. The number of hydrogen-bond acceptors (Lipinski definition) is 4. The molecule has 1 unspecified atom stereocenters. The Bertz CT molecular complexity index is 1160. The molecular weight excluding hydrogens is 457 g/mol. The topological polar surface area (TPSA) is 90.3 Å². The molecule has 9 heteroatoms. The average Bonchev–Trinajstić information content (AvgIpc) is 3.57. The number of hydrogen-bond donors (Lipinski definition) is 1. The largest absolute Gasteiger partial charge is 0.326 e. The van der Waals surface area contributed by atoms with E-state index in [-0.39, 0.29) is 32.8 Å². The zero-order valence-electron chi connectivity index (χ0n) is 16.6. The van der Waals surface area contributed by atoms with Crippen LogP contribution in [0.25, 0.3) is 0 Å². The molecule has 31 heavy (non-hydrogen) atoms. The van der Waals surface area contributed by atoms with Gasteiger partial charge in [-0.1, -0.05) is 35.3 Å². The van der Waals surface area contributed by atoms with Crippen LogP contribution in [0.1, 0.15) is 31.2 Å². The van der Waals surface area contributed by atoms with Crippen LogP contribution >= 0.6 is 23.2 Å². The van der Waals surface area contributed by atoms with Gasteiger partial charge in [-0.25, -0.2) is 8.42 Å². The third kappa shape index (κ3) is 4.44. The predicted octanol–water partition coefficient (Wildman–Crippen LogP) is 4.59. The summed E-state index contributed by atoms with van der Waals surface area (Å²) in [4.78, 5) is 12.8. The summed E-state index contributed by atoms with van der Waals surface area (Å²) < 4.78 is 27.5. The van der Waals surface area contributed by atoms with Crippen LogP contribution in [0, 0.1) is 17.2 Å². The van der Waals surface area contributed by atoms with Crippen molar-refractivity contribution in [3.63, 3.8) is 0 Å². The second-order valence-corrected chi connectivity index (χ2v) is 10.8. The highest BCUT2D eigenvalue weighted by Crippen LogP contribution is 2.47. The number of benzene rings is 2. The maximum absolute atomic E-state index is 13.1. The van der Waals surface area contributed by atoms with Crippen molar-refractivity contribution in [2.45, 2.75) is 36.0 Å². The van der Waals surface area contributed by atoms with Crippen molar-refractivity contribution in [3.8, 4) is 6.07 Å². The molecule has 0 radical (unpaired) electrons. The zero-order chi connectivity index (χ0) is 22.2. The molecule has 0 bridgehead atoms. The van der Waals surface area contributed by atoms with Crippen molar-refractivity contribution >= 4 is 44.8 Å². The van der Waals surface area contributed by atoms with E-state index in [9.17, 15) is 18.5 Å². The summed E-state index contributed by atoms with van der Waals surface area (Å²) in [5, 5.41) is 12.6. The van der Waals surface area contributed by atoms with Crippen LogP contribution < -0.4 is 5.32 Å². The lowest BCUT2D eigenvalue weighted by molar-refractivity contribution is -0.120. The van der Waals surface area contributed by atoms with Crippen LogP contribution in [0.3, 0.4) is 0 Å². The molecular formula is C22H21Cl2N3O3S. The number of carbonyl (C=O) groups is 1. The Kier molecular flexibility index (Phi) is 6.01. The van der Waals surface area contributed by atoms with Crippen molar-refractivity contribution < 1.29 is 13.2 Å². The van der Waals surface area contributed by atoms with Gasteiger partial charge in [0.2, 0.25) is 15.9 Å². The molecule has 1 aliphatic carbocycles. The van der Waals surface area contributed by atoms with Crippen molar-refractivity contribution in [1.29, 1.82) is 5.26 Å². The second-order valence-electron chi connectivity index (χ2n) is 8.04. The van der Waals surface area contributed by atoms with Gasteiger partial charge >= 0.3 is 0 Å². The molecule has 6 nitrogen and oxygen atoms in total. The summed E-state index contributed by atoms with van der Waals surface area (Å²) in [6.07, 6.45) is 2.88. The molecule has 1 saturated heterocycles. The molecule has 1 atom stereocenters. The van der Waals surface area contributed by atoms with E-state index in [0.29, 0.717) is 25.1 Å². The first-order valence-corrected chi connectivity index (χ1v) is 12.2. The number of anilines is 1. The van der Waals surface area contributed by atoms with Crippen LogP contribution in [0.15, 0.2) is 47.4 Å². The van der Waals surface area contributed by atoms with Gasteiger partial charge in [0.25, 0.3) is 0 Å². The first-order chi connectivity index (χ1) is 14.7. The summed E-state index contributed by atoms with van der Waals surface area (Å²) in [6.45, 7) is 0.395. The van der Waals surface area contributed by atoms with E-state index >= 15 is 0 Å². The maximum atomic E-state index is 13.1. The highest BCUT2D eigenvalue weighted by molar-refractivity contribution is 7.89. The molecule has 1 saturated carbocycles. The minimum Gasteiger partial charge on any atom is -0.326 e. The smallest absolute Gasteiger partial charge is 0.244 e. The quantitative estimate of drug-likeness (QED) is 0.681. The number of nitrogens with zero attached hydrogens (tertiary/aromatic N) is 2. The molecule has 4 rings (SSSR count). The maximum Gasteiger partial charge on any atom is 0.244 e. The molecule has 2 aromatic carbocycles. The Balaban J connectivity index is 1.45. The van der Waals surface area contributed by atoms with Crippen LogP contribution in [0.2, 0.25) is 10.0 Å². The Morgan fingerprint density at radius 3 is 2.52 bits per heavy atom. The lowest BCUT2D eigenvalue weighted by atomic mass is 9.97. The van der Waals surface area contributed by atoms with Gasteiger partial charge in [0, 0.05) is 23.8 Å². The summed E-state index contributed by atoms with van der Waals surface area (Å²) in [7, 11) is -3.87. The van der Waals surface area contributed by atoms with Gasteiger partial charge in [-0.2, -0.15) is 9.57 Å². The molecule has 0 spiro atoms. The summed E-state index contributed by atoms with van der Waals surface area (Å²) >= 11 is 12.1. The SMILES string of the molecule is N#CC1(c2ccc(NC(=O)C3CCCN(S(=O)(=O)c4cc(Cl)ccc4Cl)C3)cc2)CC1. The van der Waals surface area contributed by atoms with Crippen LogP contribution in [0.4, 0.5) is 5.69 Å².